The summed E-state index contributed by atoms with van der Waals surface area (Å²) in [6, 6.07) is 16.2. The summed E-state index contributed by atoms with van der Waals surface area (Å²) >= 11 is 12.1. The second-order valence-corrected chi connectivity index (χ2v) is 9.71. The van der Waals surface area contributed by atoms with E-state index in [2.05, 4.69) is 30.7 Å². The van der Waals surface area contributed by atoms with Crippen LogP contribution in [0, 0.1) is 24.2 Å². The SMILES string of the molecule is O=C(CC1[CH]C(c2ccc(Cl)cc2)CC1)C(Cc1ccc(Cl)cc1)C1CCCC1. The van der Waals surface area contributed by atoms with E-state index in [1.165, 1.54) is 36.8 Å². The zero-order chi connectivity index (χ0) is 20.2. The number of carbonyl (C=O) groups is 1. The third-order valence-corrected chi connectivity index (χ3v) is 7.37. The van der Waals surface area contributed by atoms with Gasteiger partial charge in [-0.05, 0) is 91.7 Å². The molecule has 4 rings (SSSR count). The lowest BCUT2D eigenvalue weighted by atomic mass is 9.79. The Balaban J connectivity index is 1.39. The van der Waals surface area contributed by atoms with Gasteiger partial charge in [-0.3, -0.25) is 4.79 Å². The summed E-state index contributed by atoms with van der Waals surface area (Å²) in [6.45, 7) is 0. The van der Waals surface area contributed by atoms with Gasteiger partial charge in [-0.25, -0.2) is 0 Å². The van der Waals surface area contributed by atoms with Crippen LogP contribution in [-0.2, 0) is 11.2 Å². The van der Waals surface area contributed by atoms with E-state index in [1.807, 2.05) is 24.3 Å². The topological polar surface area (TPSA) is 17.1 Å². The molecule has 2 aliphatic carbocycles. The fraction of sp³-hybridized carbons (Fsp3) is 0.462. The number of benzene rings is 2. The van der Waals surface area contributed by atoms with Crippen molar-refractivity contribution < 1.29 is 4.79 Å². The molecule has 0 aliphatic heterocycles. The molecule has 0 aromatic heterocycles. The summed E-state index contributed by atoms with van der Waals surface area (Å²) < 4.78 is 0. The first-order valence-corrected chi connectivity index (χ1v) is 11.7. The summed E-state index contributed by atoms with van der Waals surface area (Å²) in [5.74, 6) is 2.02. The van der Waals surface area contributed by atoms with Crippen LogP contribution >= 0.6 is 23.2 Å². The van der Waals surface area contributed by atoms with Gasteiger partial charge in [-0.15, -0.1) is 0 Å². The smallest absolute Gasteiger partial charge is 0.136 e. The van der Waals surface area contributed by atoms with Crippen LogP contribution in [0.2, 0.25) is 10.0 Å². The van der Waals surface area contributed by atoms with Crippen molar-refractivity contribution in [3.63, 3.8) is 0 Å². The maximum absolute atomic E-state index is 13.4. The molecule has 2 aromatic rings. The molecule has 1 radical (unpaired) electrons. The number of hydrogen-bond acceptors (Lipinski definition) is 1. The minimum atomic E-state index is 0.154. The predicted octanol–water partition coefficient (Wildman–Crippen LogP) is 7.70. The molecular formula is C26H29Cl2O. The number of carbonyl (C=O) groups excluding carboxylic acids is 1. The number of halogens is 2. The van der Waals surface area contributed by atoms with Crippen LogP contribution in [0.3, 0.4) is 0 Å². The third-order valence-electron chi connectivity index (χ3n) is 6.87. The van der Waals surface area contributed by atoms with Gasteiger partial charge in [-0.2, -0.15) is 0 Å². The highest BCUT2D eigenvalue weighted by Crippen LogP contribution is 2.41. The first kappa shape index (κ1) is 20.9. The van der Waals surface area contributed by atoms with E-state index < -0.39 is 0 Å². The van der Waals surface area contributed by atoms with E-state index in [9.17, 15) is 4.79 Å². The van der Waals surface area contributed by atoms with E-state index in [4.69, 9.17) is 23.2 Å². The molecule has 2 fully saturated rings. The first-order chi connectivity index (χ1) is 14.1. The highest BCUT2D eigenvalue weighted by Gasteiger charge is 2.34. The van der Waals surface area contributed by atoms with Gasteiger partial charge in [0.25, 0.3) is 0 Å². The molecule has 0 bridgehead atoms. The average Bonchev–Trinajstić information content (AvgIpc) is 3.40. The number of Topliss-reactive ketones (excluding diaryl/α,β-unsaturated/α-hetero) is 1. The quantitative estimate of drug-likeness (QED) is 0.442. The Bertz CT molecular complexity index is 806. The van der Waals surface area contributed by atoms with Gasteiger partial charge in [0.05, 0.1) is 0 Å². The fourth-order valence-corrected chi connectivity index (χ4v) is 5.51. The van der Waals surface area contributed by atoms with Crippen molar-refractivity contribution >= 4 is 29.0 Å². The van der Waals surface area contributed by atoms with Crippen LogP contribution in [0.4, 0.5) is 0 Å². The molecule has 0 spiro atoms. The maximum atomic E-state index is 13.4. The summed E-state index contributed by atoms with van der Waals surface area (Å²) in [4.78, 5) is 13.4. The molecule has 2 aromatic carbocycles. The van der Waals surface area contributed by atoms with Gasteiger partial charge in [-0.1, -0.05) is 60.3 Å². The van der Waals surface area contributed by atoms with Crippen LogP contribution in [0.25, 0.3) is 0 Å². The Morgan fingerprint density at radius 2 is 1.48 bits per heavy atom. The molecule has 153 valence electrons. The molecule has 0 heterocycles. The van der Waals surface area contributed by atoms with Crippen LogP contribution in [0.5, 0.6) is 0 Å². The minimum absolute atomic E-state index is 0.154. The molecule has 29 heavy (non-hydrogen) atoms. The standard InChI is InChI=1S/C26H29Cl2O/c27-23-11-6-18(7-12-23)16-25(21-3-1-2-4-21)26(29)17-19-5-8-22(15-19)20-9-13-24(28)14-10-20/h6-7,9-15,19,21-22,25H,1-5,8,16-17H2. The van der Waals surface area contributed by atoms with E-state index in [0.717, 1.165) is 29.3 Å². The lowest BCUT2D eigenvalue weighted by Crippen LogP contribution is -2.26. The van der Waals surface area contributed by atoms with Crippen molar-refractivity contribution in [2.45, 2.75) is 57.3 Å². The Hall–Kier alpha value is -1.31. The van der Waals surface area contributed by atoms with Crippen molar-refractivity contribution in [2.75, 3.05) is 0 Å². The molecule has 3 heteroatoms. The Morgan fingerprint density at radius 3 is 2.14 bits per heavy atom. The van der Waals surface area contributed by atoms with Crippen molar-refractivity contribution in [1.29, 1.82) is 0 Å². The second kappa shape index (κ2) is 9.67. The summed E-state index contributed by atoms with van der Waals surface area (Å²) in [5, 5.41) is 1.53. The predicted molar refractivity (Wildman–Crippen MR) is 121 cm³/mol. The molecule has 0 amide bonds. The molecule has 3 unspecified atom stereocenters. The molecule has 1 nitrogen and oxygen atoms in total. The second-order valence-electron chi connectivity index (χ2n) is 8.84. The number of ketones is 1. The molecule has 3 atom stereocenters. The average molecular weight is 428 g/mol. The molecule has 2 saturated carbocycles. The summed E-state index contributed by atoms with van der Waals surface area (Å²) in [7, 11) is 0. The third kappa shape index (κ3) is 5.44. The van der Waals surface area contributed by atoms with Crippen molar-refractivity contribution in [2.24, 2.45) is 17.8 Å². The van der Waals surface area contributed by atoms with E-state index >= 15 is 0 Å². The van der Waals surface area contributed by atoms with Gasteiger partial charge in [0.1, 0.15) is 5.78 Å². The fourth-order valence-electron chi connectivity index (χ4n) is 5.26. The van der Waals surface area contributed by atoms with Crippen LogP contribution in [-0.4, -0.2) is 5.78 Å². The highest BCUT2D eigenvalue weighted by molar-refractivity contribution is 6.30. The summed E-state index contributed by atoms with van der Waals surface area (Å²) in [6.07, 6.45) is 11.1. The number of rotatable bonds is 7. The van der Waals surface area contributed by atoms with E-state index in [0.29, 0.717) is 30.0 Å². The highest BCUT2D eigenvalue weighted by atomic mass is 35.5. The van der Waals surface area contributed by atoms with Crippen molar-refractivity contribution in [3.05, 3.63) is 76.1 Å². The van der Waals surface area contributed by atoms with Gasteiger partial charge >= 0.3 is 0 Å². The van der Waals surface area contributed by atoms with Gasteiger partial charge in [0.2, 0.25) is 0 Å². The Kier molecular flexibility index (Phi) is 6.98. The monoisotopic (exact) mass is 427 g/mol. The Morgan fingerprint density at radius 1 is 0.862 bits per heavy atom. The Labute approximate surface area is 184 Å². The molecule has 0 saturated heterocycles. The van der Waals surface area contributed by atoms with Crippen LogP contribution in [0.1, 0.15) is 62.0 Å². The van der Waals surface area contributed by atoms with Crippen molar-refractivity contribution in [1.82, 2.24) is 0 Å². The summed E-state index contributed by atoms with van der Waals surface area (Å²) in [5.41, 5.74) is 2.55. The maximum Gasteiger partial charge on any atom is 0.136 e. The van der Waals surface area contributed by atoms with Gasteiger partial charge in [0, 0.05) is 22.4 Å². The molecule has 2 aliphatic rings. The zero-order valence-corrected chi connectivity index (χ0v) is 18.3. The first-order valence-electron chi connectivity index (χ1n) is 11.0. The van der Waals surface area contributed by atoms with Crippen molar-refractivity contribution in [3.8, 4) is 0 Å². The number of hydrogen-bond donors (Lipinski definition) is 0. The lowest BCUT2D eigenvalue weighted by Gasteiger charge is -2.24. The lowest BCUT2D eigenvalue weighted by molar-refractivity contribution is -0.125. The van der Waals surface area contributed by atoms with Crippen LogP contribution in [0.15, 0.2) is 48.5 Å². The largest absolute Gasteiger partial charge is 0.299 e. The van der Waals surface area contributed by atoms with Crippen LogP contribution < -0.4 is 0 Å². The normalized spacial score (nSPS) is 23.4. The molecular weight excluding hydrogens is 399 g/mol. The van der Waals surface area contributed by atoms with E-state index in [1.54, 1.807) is 0 Å². The van der Waals surface area contributed by atoms with Gasteiger partial charge < -0.3 is 0 Å². The van der Waals surface area contributed by atoms with E-state index in [-0.39, 0.29) is 5.92 Å². The zero-order valence-electron chi connectivity index (χ0n) is 16.8. The molecule has 0 N–H and O–H groups in total. The van der Waals surface area contributed by atoms with Gasteiger partial charge in [0.15, 0.2) is 0 Å². The minimum Gasteiger partial charge on any atom is -0.299 e.